The summed E-state index contributed by atoms with van der Waals surface area (Å²) < 4.78 is 16.9. The van der Waals surface area contributed by atoms with E-state index in [9.17, 15) is 0 Å². The Morgan fingerprint density at radius 3 is 2.88 bits per heavy atom. The van der Waals surface area contributed by atoms with Crippen molar-refractivity contribution in [1.29, 1.82) is 5.26 Å². The monoisotopic (exact) mass is 397 g/mol. The smallest absolute Gasteiger partial charge is 0.176 e. The molecule has 1 heterocycles. The van der Waals surface area contributed by atoms with Crippen LogP contribution in [0.1, 0.15) is 12.0 Å². The van der Waals surface area contributed by atoms with Crippen LogP contribution >= 0.6 is 15.9 Å². The van der Waals surface area contributed by atoms with Crippen LogP contribution in [-0.2, 0) is 11.3 Å². The van der Waals surface area contributed by atoms with Gasteiger partial charge in [0.1, 0.15) is 6.07 Å². The Morgan fingerprint density at radius 2 is 2.17 bits per heavy atom. The van der Waals surface area contributed by atoms with Crippen LogP contribution in [0.2, 0.25) is 0 Å². The van der Waals surface area contributed by atoms with Crippen molar-refractivity contribution in [2.75, 3.05) is 53.1 Å². The standard InChI is InChI=1S/C17H24BrN3O3/c1-22-16-12-14(11-15(18)17(16)24-8-3-19)13-20-4-2-5-21-6-9-23-10-7-21/h11-12,20H,2,4-10,13H2,1H3. The van der Waals surface area contributed by atoms with E-state index in [1.54, 1.807) is 7.11 Å². The molecule has 0 spiro atoms. The molecule has 1 fully saturated rings. The molecular formula is C17H24BrN3O3. The summed E-state index contributed by atoms with van der Waals surface area (Å²) in [6.07, 6.45) is 1.11. The third kappa shape index (κ3) is 5.95. The lowest BCUT2D eigenvalue weighted by Crippen LogP contribution is -2.37. The number of rotatable bonds is 9. The fourth-order valence-electron chi connectivity index (χ4n) is 2.60. The van der Waals surface area contributed by atoms with Gasteiger partial charge in [0.25, 0.3) is 0 Å². The maximum Gasteiger partial charge on any atom is 0.176 e. The highest BCUT2D eigenvalue weighted by molar-refractivity contribution is 9.10. The summed E-state index contributed by atoms with van der Waals surface area (Å²) in [4.78, 5) is 2.44. The second-order valence-electron chi connectivity index (χ2n) is 5.54. The minimum absolute atomic E-state index is 0.00586. The number of nitrogens with one attached hydrogen (secondary N) is 1. The predicted molar refractivity (Wildman–Crippen MR) is 95.4 cm³/mol. The minimum Gasteiger partial charge on any atom is -0.493 e. The molecule has 0 aliphatic carbocycles. The van der Waals surface area contributed by atoms with Crippen molar-refractivity contribution in [2.24, 2.45) is 0 Å². The van der Waals surface area contributed by atoms with Crippen molar-refractivity contribution in [1.82, 2.24) is 10.2 Å². The fourth-order valence-corrected chi connectivity index (χ4v) is 3.21. The molecule has 132 valence electrons. The number of methoxy groups -OCH3 is 1. The molecule has 1 aromatic rings. The summed E-state index contributed by atoms with van der Waals surface area (Å²) in [5.74, 6) is 1.19. The van der Waals surface area contributed by atoms with Crippen LogP contribution in [0.25, 0.3) is 0 Å². The van der Waals surface area contributed by atoms with Crippen molar-refractivity contribution in [2.45, 2.75) is 13.0 Å². The number of halogens is 1. The number of morpholine rings is 1. The van der Waals surface area contributed by atoms with Gasteiger partial charge in [-0.25, -0.2) is 0 Å². The fraction of sp³-hybridized carbons (Fsp3) is 0.588. The van der Waals surface area contributed by atoms with E-state index in [1.807, 2.05) is 18.2 Å². The van der Waals surface area contributed by atoms with E-state index in [0.29, 0.717) is 11.5 Å². The second kappa shape index (κ2) is 10.5. The van der Waals surface area contributed by atoms with Crippen LogP contribution in [0.5, 0.6) is 11.5 Å². The number of benzene rings is 1. The normalized spacial score (nSPS) is 15.0. The molecule has 1 aromatic carbocycles. The molecule has 2 rings (SSSR count). The number of hydrogen-bond donors (Lipinski definition) is 1. The Kier molecular flexibility index (Phi) is 8.33. The Bertz CT molecular complexity index is 557. The molecule has 1 aliphatic heterocycles. The van der Waals surface area contributed by atoms with Gasteiger partial charge in [-0.15, -0.1) is 0 Å². The zero-order chi connectivity index (χ0) is 17.2. The number of hydrogen-bond acceptors (Lipinski definition) is 6. The van der Waals surface area contributed by atoms with Crippen molar-refractivity contribution < 1.29 is 14.2 Å². The van der Waals surface area contributed by atoms with Gasteiger partial charge in [-0.3, -0.25) is 4.90 Å². The third-order valence-corrected chi connectivity index (χ3v) is 4.42. The predicted octanol–water partition coefficient (Wildman–Crippen LogP) is 2.17. The van der Waals surface area contributed by atoms with Gasteiger partial charge in [0.2, 0.25) is 0 Å². The van der Waals surface area contributed by atoms with Crippen LogP contribution in [0, 0.1) is 11.3 Å². The van der Waals surface area contributed by atoms with Crippen LogP contribution in [0.4, 0.5) is 0 Å². The number of ether oxygens (including phenoxy) is 3. The van der Waals surface area contributed by atoms with Gasteiger partial charge in [-0.1, -0.05) is 0 Å². The molecule has 7 heteroatoms. The Morgan fingerprint density at radius 1 is 1.38 bits per heavy atom. The van der Waals surface area contributed by atoms with E-state index in [4.69, 9.17) is 19.5 Å². The molecule has 0 radical (unpaired) electrons. The summed E-state index contributed by atoms with van der Waals surface area (Å²) in [5, 5.41) is 12.1. The first-order valence-electron chi connectivity index (χ1n) is 8.11. The molecule has 1 saturated heterocycles. The zero-order valence-electron chi connectivity index (χ0n) is 14.0. The lowest BCUT2D eigenvalue weighted by Gasteiger charge is -2.26. The Hall–Kier alpha value is -1.33. The van der Waals surface area contributed by atoms with Crippen molar-refractivity contribution >= 4 is 15.9 Å². The van der Waals surface area contributed by atoms with Gasteiger partial charge in [0.05, 0.1) is 24.8 Å². The van der Waals surface area contributed by atoms with Crippen molar-refractivity contribution in [3.8, 4) is 17.6 Å². The van der Waals surface area contributed by atoms with Crippen LogP contribution in [0.3, 0.4) is 0 Å². The van der Waals surface area contributed by atoms with Gasteiger partial charge >= 0.3 is 0 Å². The van der Waals surface area contributed by atoms with E-state index in [1.165, 1.54) is 0 Å². The molecule has 0 saturated carbocycles. The molecule has 24 heavy (non-hydrogen) atoms. The summed E-state index contributed by atoms with van der Waals surface area (Å²) >= 11 is 3.48. The number of nitriles is 1. The van der Waals surface area contributed by atoms with Crippen molar-refractivity contribution in [3.05, 3.63) is 22.2 Å². The SMILES string of the molecule is COc1cc(CNCCCN2CCOCC2)cc(Br)c1OCC#N. The Balaban J connectivity index is 1.77. The van der Waals surface area contributed by atoms with Crippen LogP contribution in [0.15, 0.2) is 16.6 Å². The summed E-state index contributed by atoms with van der Waals surface area (Å²) in [5.41, 5.74) is 1.11. The average Bonchev–Trinajstić information content (AvgIpc) is 2.61. The van der Waals surface area contributed by atoms with Gasteiger partial charge < -0.3 is 19.5 Å². The highest BCUT2D eigenvalue weighted by Gasteiger charge is 2.12. The molecular weight excluding hydrogens is 374 g/mol. The summed E-state index contributed by atoms with van der Waals surface area (Å²) in [7, 11) is 1.60. The molecule has 0 unspecified atom stereocenters. The molecule has 0 aromatic heterocycles. The van der Waals surface area contributed by atoms with Gasteiger partial charge in [-0.2, -0.15) is 5.26 Å². The first-order valence-corrected chi connectivity index (χ1v) is 8.91. The van der Waals surface area contributed by atoms with Gasteiger partial charge in [0.15, 0.2) is 18.1 Å². The lowest BCUT2D eigenvalue weighted by molar-refractivity contribution is 0.0374. The highest BCUT2D eigenvalue weighted by Crippen LogP contribution is 2.36. The Labute approximate surface area is 151 Å². The van der Waals surface area contributed by atoms with Crippen LogP contribution in [-0.4, -0.2) is 58.0 Å². The maximum atomic E-state index is 8.65. The summed E-state index contributed by atoms with van der Waals surface area (Å²) in [6.45, 7) is 6.59. The molecule has 1 aliphatic rings. The van der Waals surface area contributed by atoms with E-state index < -0.39 is 0 Å². The molecule has 0 atom stereocenters. The van der Waals surface area contributed by atoms with E-state index in [2.05, 4.69) is 26.1 Å². The van der Waals surface area contributed by atoms with Gasteiger partial charge in [0, 0.05) is 19.6 Å². The zero-order valence-corrected chi connectivity index (χ0v) is 15.6. The highest BCUT2D eigenvalue weighted by atomic mass is 79.9. The molecule has 6 nitrogen and oxygen atoms in total. The molecule has 0 amide bonds. The quantitative estimate of drug-likeness (QED) is 0.644. The van der Waals surface area contributed by atoms with Crippen molar-refractivity contribution in [3.63, 3.8) is 0 Å². The van der Waals surface area contributed by atoms with Gasteiger partial charge in [-0.05, 0) is 53.1 Å². The second-order valence-corrected chi connectivity index (χ2v) is 6.39. The van der Waals surface area contributed by atoms with E-state index in [-0.39, 0.29) is 6.61 Å². The molecule has 0 bridgehead atoms. The lowest BCUT2D eigenvalue weighted by atomic mass is 10.2. The molecule has 1 N–H and O–H groups in total. The average molecular weight is 398 g/mol. The summed E-state index contributed by atoms with van der Waals surface area (Å²) in [6, 6.07) is 5.89. The third-order valence-electron chi connectivity index (χ3n) is 3.83. The minimum atomic E-state index is -0.00586. The number of nitrogens with zero attached hydrogens (tertiary/aromatic N) is 2. The first kappa shape index (κ1) is 19.0. The largest absolute Gasteiger partial charge is 0.493 e. The topological polar surface area (TPSA) is 66.8 Å². The maximum absolute atomic E-state index is 8.65. The van der Waals surface area contributed by atoms with E-state index in [0.717, 1.165) is 62.4 Å². The van der Waals surface area contributed by atoms with E-state index >= 15 is 0 Å². The first-order chi connectivity index (χ1) is 11.7. The van der Waals surface area contributed by atoms with Crippen LogP contribution < -0.4 is 14.8 Å².